The molecule has 4 aliphatic rings. The van der Waals surface area contributed by atoms with E-state index < -0.39 is 0 Å². The topological polar surface area (TPSA) is 23.6 Å². The van der Waals surface area contributed by atoms with Crippen molar-refractivity contribution in [2.75, 3.05) is 13.2 Å². The number of β-lactam (4-membered cyclic amide) rings is 1. The summed E-state index contributed by atoms with van der Waals surface area (Å²) in [6, 6.07) is 2.86. The Morgan fingerprint density at radius 3 is 3.15 bits per heavy atom. The highest BCUT2D eigenvalue weighted by Gasteiger charge is 2.61. The van der Waals surface area contributed by atoms with Crippen LogP contribution in [0.15, 0.2) is 11.4 Å². The van der Waals surface area contributed by atoms with E-state index in [-0.39, 0.29) is 0 Å². The van der Waals surface area contributed by atoms with Crippen LogP contribution in [-0.2, 0) is 17.8 Å². The maximum absolute atomic E-state index is 12.4. The van der Waals surface area contributed by atoms with Crippen LogP contribution in [0.1, 0.15) is 29.7 Å². The largest absolute Gasteiger partial charge is 0.325 e. The van der Waals surface area contributed by atoms with Crippen LogP contribution in [0, 0.1) is 17.8 Å². The van der Waals surface area contributed by atoms with Gasteiger partial charge in [-0.25, -0.2) is 0 Å². The van der Waals surface area contributed by atoms with E-state index in [1.807, 2.05) is 11.3 Å². The van der Waals surface area contributed by atoms with Gasteiger partial charge in [0.25, 0.3) is 0 Å². The molecule has 5 rings (SSSR count). The van der Waals surface area contributed by atoms with Crippen molar-refractivity contribution in [1.29, 1.82) is 0 Å². The van der Waals surface area contributed by atoms with Crippen molar-refractivity contribution in [3.8, 4) is 0 Å². The van der Waals surface area contributed by atoms with Crippen LogP contribution in [0.25, 0.3) is 0 Å². The van der Waals surface area contributed by atoms with E-state index in [0.29, 0.717) is 17.9 Å². The summed E-state index contributed by atoms with van der Waals surface area (Å²) in [5.74, 6) is 2.43. The van der Waals surface area contributed by atoms with Gasteiger partial charge in [0.1, 0.15) is 0 Å². The average Bonchev–Trinajstić information content (AvgIpc) is 3.16. The molecule has 0 radical (unpaired) electrons. The molecule has 0 aromatic carbocycles. The molecule has 4 heteroatoms. The monoisotopic (exact) mass is 288 g/mol. The molecule has 0 unspecified atom stereocenters. The van der Waals surface area contributed by atoms with Gasteiger partial charge >= 0.3 is 0 Å². The Morgan fingerprint density at radius 2 is 2.20 bits per heavy atom. The van der Waals surface area contributed by atoms with Gasteiger partial charge in [0.15, 0.2) is 0 Å². The number of nitrogens with zero attached hydrogens (tertiary/aromatic N) is 2. The maximum Gasteiger partial charge on any atom is 0.229 e. The second-order valence-electron chi connectivity index (χ2n) is 6.97. The summed E-state index contributed by atoms with van der Waals surface area (Å²) in [5, 5.41) is 2.20. The first-order valence-electron chi connectivity index (χ1n) is 7.89. The van der Waals surface area contributed by atoms with Crippen LogP contribution in [0.2, 0.25) is 0 Å². The van der Waals surface area contributed by atoms with Crippen molar-refractivity contribution >= 4 is 17.2 Å². The molecule has 1 aromatic rings. The zero-order valence-electron chi connectivity index (χ0n) is 11.6. The Hall–Kier alpha value is -0.870. The first-order chi connectivity index (χ1) is 9.81. The fourth-order valence-electron chi connectivity index (χ4n) is 5.12. The third-order valence-corrected chi connectivity index (χ3v) is 7.06. The van der Waals surface area contributed by atoms with E-state index in [2.05, 4.69) is 21.2 Å². The molecule has 2 bridgehead atoms. The molecule has 106 valence electrons. The lowest BCUT2D eigenvalue weighted by atomic mass is 9.76. The van der Waals surface area contributed by atoms with Gasteiger partial charge < -0.3 is 4.90 Å². The molecule has 1 amide bonds. The fraction of sp³-hybridized carbons (Fsp3) is 0.688. The van der Waals surface area contributed by atoms with Crippen LogP contribution in [0.3, 0.4) is 0 Å². The van der Waals surface area contributed by atoms with E-state index in [0.717, 1.165) is 38.0 Å². The van der Waals surface area contributed by atoms with Crippen molar-refractivity contribution in [2.45, 2.75) is 38.3 Å². The number of likely N-dealkylation sites (tertiary alicyclic amines) is 1. The smallest absolute Gasteiger partial charge is 0.229 e. The lowest BCUT2D eigenvalue weighted by Gasteiger charge is -2.51. The van der Waals surface area contributed by atoms with E-state index in [4.69, 9.17) is 0 Å². The molecule has 20 heavy (non-hydrogen) atoms. The third kappa shape index (κ3) is 1.47. The molecule has 1 aromatic heterocycles. The number of thiophene rings is 1. The zero-order valence-corrected chi connectivity index (χ0v) is 12.4. The number of fused-ring (bicyclic) bond motifs is 6. The lowest BCUT2D eigenvalue weighted by molar-refractivity contribution is -0.165. The standard InChI is InChI=1S/C16H20N2OS/c19-16-14-10-1-2-11(7-10)15(14)18(16)9-17-5-3-13-12(8-17)4-6-20-13/h4,6,10-11,14-15H,1-3,5,7-9H2/t10-,11-,14-,15+/m0/s1. The lowest BCUT2D eigenvalue weighted by Crippen LogP contribution is -2.65. The van der Waals surface area contributed by atoms with Gasteiger partial charge in [-0.05, 0) is 54.5 Å². The van der Waals surface area contributed by atoms with Crippen molar-refractivity contribution in [3.63, 3.8) is 0 Å². The summed E-state index contributed by atoms with van der Waals surface area (Å²) < 4.78 is 0. The SMILES string of the molecule is O=C1[C@H]2[C@H]3CC[C@@H](C3)[C@H]2N1CN1CCc2sccc2C1. The zero-order chi connectivity index (χ0) is 13.3. The number of hydrogen-bond acceptors (Lipinski definition) is 3. The van der Waals surface area contributed by atoms with Crippen molar-refractivity contribution < 1.29 is 4.79 Å². The Labute approximate surface area is 123 Å². The molecule has 3 heterocycles. The van der Waals surface area contributed by atoms with Crippen LogP contribution in [-0.4, -0.2) is 35.0 Å². The fourth-order valence-corrected chi connectivity index (χ4v) is 6.01. The van der Waals surface area contributed by atoms with Gasteiger partial charge in [-0.3, -0.25) is 9.69 Å². The Morgan fingerprint density at radius 1 is 1.30 bits per heavy atom. The first kappa shape index (κ1) is 11.8. The van der Waals surface area contributed by atoms with Crippen LogP contribution >= 0.6 is 11.3 Å². The quantitative estimate of drug-likeness (QED) is 0.780. The molecule has 4 atom stereocenters. The predicted molar refractivity (Wildman–Crippen MR) is 78.3 cm³/mol. The van der Waals surface area contributed by atoms with Crippen molar-refractivity contribution in [1.82, 2.24) is 9.80 Å². The van der Waals surface area contributed by atoms with Gasteiger partial charge in [-0.15, -0.1) is 11.3 Å². The van der Waals surface area contributed by atoms with Crippen LogP contribution in [0.4, 0.5) is 0 Å². The Balaban J connectivity index is 1.30. The Kier molecular flexibility index (Phi) is 2.40. The predicted octanol–water partition coefficient (Wildman–Crippen LogP) is 2.32. The molecular formula is C16H20N2OS. The minimum absolute atomic E-state index is 0.412. The number of rotatable bonds is 2. The van der Waals surface area contributed by atoms with E-state index in [1.54, 1.807) is 4.88 Å². The second-order valence-corrected chi connectivity index (χ2v) is 7.97. The van der Waals surface area contributed by atoms with Crippen LogP contribution in [0.5, 0.6) is 0 Å². The van der Waals surface area contributed by atoms with E-state index >= 15 is 0 Å². The van der Waals surface area contributed by atoms with Crippen molar-refractivity contribution in [2.24, 2.45) is 17.8 Å². The summed E-state index contributed by atoms with van der Waals surface area (Å²) in [7, 11) is 0. The van der Waals surface area contributed by atoms with Gasteiger partial charge in [0.05, 0.1) is 12.6 Å². The Bertz CT molecular complexity index is 569. The summed E-state index contributed by atoms with van der Waals surface area (Å²) in [4.78, 5) is 18.6. The molecule has 0 spiro atoms. The molecule has 0 N–H and O–H groups in total. The summed E-state index contributed by atoms with van der Waals surface area (Å²) in [5.41, 5.74) is 1.48. The molecular weight excluding hydrogens is 268 g/mol. The normalized spacial score (nSPS) is 38.8. The molecule has 2 saturated carbocycles. The van der Waals surface area contributed by atoms with E-state index in [9.17, 15) is 4.79 Å². The third-order valence-electron chi connectivity index (χ3n) is 6.04. The summed E-state index contributed by atoms with van der Waals surface area (Å²) >= 11 is 1.88. The minimum atomic E-state index is 0.412. The van der Waals surface area contributed by atoms with E-state index in [1.165, 1.54) is 24.8 Å². The number of carbonyl (C=O) groups is 1. The van der Waals surface area contributed by atoms with Gasteiger partial charge in [-0.1, -0.05) is 0 Å². The molecule has 3 fully saturated rings. The highest BCUT2D eigenvalue weighted by Crippen LogP contribution is 2.56. The second kappa shape index (κ2) is 4.08. The highest BCUT2D eigenvalue weighted by molar-refractivity contribution is 7.10. The molecule has 1 saturated heterocycles. The highest BCUT2D eigenvalue weighted by atomic mass is 32.1. The average molecular weight is 288 g/mol. The van der Waals surface area contributed by atoms with Crippen molar-refractivity contribution in [3.05, 3.63) is 21.9 Å². The van der Waals surface area contributed by atoms with Crippen LogP contribution < -0.4 is 0 Å². The van der Waals surface area contributed by atoms with Gasteiger partial charge in [0, 0.05) is 24.0 Å². The first-order valence-corrected chi connectivity index (χ1v) is 8.77. The minimum Gasteiger partial charge on any atom is -0.325 e. The number of hydrogen-bond donors (Lipinski definition) is 0. The molecule has 2 aliphatic heterocycles. The van der Waals surface area contributed by atoms with Gasteiger partial charge in [-0.2, -0.15) is 0 Å². The maximum atomic E-state index is 12.4. The molecule has 2 aliphatic carbocycles. The number of carbonyl (C=O) groups excluding carboxylic acids is 1. The van der Waals surface area contributed by atoms with Gasteiger partial charge in [0.2, 0.25) is 5.91 Å². The summed E-state index contributed by atoms with van der Waals surface area (Å²) in [6.07, 6.45) is 5.17. The number of amides is 1. The molecule has 3 nitrogen and oxygen atoms in total. The summed E-state index contributed by atoms with van der Waals surface area (Å²) in [6.45, 7) is 3.02.